The van der Waals surface area contributed by atoms with Crippen molar-refractivity contribution in [3.8, 4) is 0 Å². The third kappa shape index (κ3) is 4.64. The van der Waals surface area contributed by atoms with Crippen LogP contribution >= 0.6 is 0 Å². The zero-order valence-electron chi connectivity index (χ0n) is 14.3. The van der Waals surface area contributed by atoms with Gasteiger partial charge in [0.25, 0.3) is 0 Å². The van der Waals surface area contributed by atoms with Crippen molar-refractivity contribution in [1.82, 2.24) is 9.80 Å². The average Bonchev–Trinajstić information content (AvgIpc) is 3.11. The number of carbonyl (C=O) groups excluding carboxylic acids is 1. The Bertz CT molecular complexity index is 677. The van der Waals surface area contributed by atoms with E-state index in [0.717, 1.165) is 16.0 Å². The minimum Gasteiger partial charge on any atom is -0.333 e. The largest absolute Gasteiger partial charge is 0.471 e. The molecule has 0 N–H and O–H groups in total. The summed E-state index contributed by atoms with van der Waals surface area (Å²) < 4.78 is 38.2. The Morgan fingerprint density at radius 2 is 1.46 bits per heavy atom. The van der Waals surface area contributed by atoms with Gasteiger partial charge < -0.3 is 4.90 Å². The predicted octanol–water partition coefficient (Wildman–Crippen LogP) is 3.85. The minimum atomic E-state index is -4.81. The summed E-state index contributed by atoms with van der Waals surface area (Å²) in [4.78, 5) is 14.6. The average molecular weight is 362 g/mol. The zero-order valence-corrected chi connectivity index (χ0v) is 14.3. The maximum absolute atomic E-state index is 12.7. The molecule has 1 heterocycles. The Morgan fingerprint density at radius 3 is 1.92 bits per heavy atom. The Labute approximate surface area is 151 Å². The van der Waals surface area contributed by atoms with E-state index in [4.69, 9.17) is 0 Å². The van der Waals surface area contributed by atoms with Gasteiger partial charge in [0.2, 0.25) is 0 Å². The number of rotatable bonds is 5. The fourth-order valence-electron chi connectivity index (χ4n) is 3.35. The topological polar surface area (TPSA) is 23.6 Å². The van der Waals surface area contributed by atoms with E-state index in [1.165, 1.54) is 0 Å². The summed E-state index contributed by atoms with van der Waals surface area (Å²) in [5.41, 5.74) is 2.20. The van der Waals surface area contributed by atoms with E-state index in [1.54, 1.807) is 0 Å². The lowest BCUT2D eigenvalue weighted by molar-refractivity contribution is -0.184. The van der Waals surface area contributed by atoms with E-state index in [9.17, 15) is 18.0 Å². The Hall–Kier alpha value is -2.34. The Morgan fingerprint density at radius 1 is 0.962 bits per heavy atom. The second-order valence-corrected chi connectivity index (χ2v) is 6.57. The fraction of sp³-hybridized carbons (Fsp3) is 0.350. The van der Waals surface area contributed by atoms with E-state index in [2.05, 4.69) is 4.90 Å². The van der Waals surface area contributed by atoms with Crippen LogP contribution in [0.4, 0.5) is 13.2 Å². The van der Waals surface area contributed by atoms with Gasteiger partial charge in [-0.25, -0.2) is 0 Å². The van der Waals surface area contributed by atoms with Crippen LogP contribution in [0.1, 0.15) is 17.5 Å². The Balaban J connectivity index is 1.74. The van der Waals surface area contributed by atoms with Crippen molar-refractivity contribution in [3.63, 3.8) is 0 Å². The first-order valence-corrected chi connectivity index (χ1v) is 8.61. The summed E-state index contributed by atoms with van der Waals surface area (Å²) in [6, 6.07) is 19.6. The lowest BCUT2D eigenvalue weighted by atomic mass is 10.1. The maximum atomic E-state index is 12.7. The van der Waals surface area contributed by atoms with Crippen LogP contribution in [0.15, 0.2) is 60.7 Å². The molecule has 0 aromatic heterocycles. The summed E-state index contributed by atoms with van der Waals surface area (Å²) in [6.07, 6.45) is -4.26. The van der Waals surface area contributed by atoms with Gasteiger partial charge >= 0.3 is 12.1 Å². The molecule has 1 fully saturated rings. The van der Waals surface area contributed by atoms with Gasteiger partial charge in [0.15, 0.2) is 0 Å². The molecule has 0 unspecified atom stereocenters. The third-order valence-electron chi connectivity index (χ3n) is 4.67. The molecule has 1 aliphatic heterocycles. The number of likely N-dealkylation sites (tertiary alicyclic amines) is 1. The smallest absolute Gasteiger partial charge is 0.333 e. The molecule has 1 aliphatic rings. The molecule has 26 heavy (non-hydrogen) atoms. The van der Waals surface area contributed by atoms with Gasteiger partial charge in [0, 0.05) is 32.2 Å². The van der Waals surface area contributed by atoms with Crippen LogP contribution in [0, 0.1) is 0 Å². The SMILES string of the molecule is O=C(N1CC[C@@H](N(Cc2ccccc2)Cc2ccccc2)C1)C(F)(F)F. The quantitative estimate of drug-likeness (QED) is 0.807. The molecule has 0 radical (unpaired) electrons. The normalized spacial score (nSPS) is 17.7. The van der Waals surface area contributed by atoms with Gasteiger partial charge in [-0.3, -0.25) is 9.69 Å². The monoisotopic (exact) mass is 362 g/mol. The van der Waals surface area contributed by atoms with Crippen LogP contribution < -0.4 is 0 Å². The van der Waals surface area contributed by atoms with Gasteiger partial charge in [-0.05, 0) is 17.5 Å². The molecule has 0 bridgehead atoms. The van der Waals surface area contributed by atoms with Gasteiger partial charge in [-0.2, -0.15) is 13.2 Å². The van der Waals surface area contributed by atoms with E-state index < -0.39 is 12.1 Å². The molecule has 1 amide bonds. The number of carbonyl (C=O) groups is 1. The lowest BCUT2D eigenvalue weighted by Crippen LogP contribution is -2.42. The molecule has 138 valence electrons. The predicted molar refractivity (Wildman–Crippen MR) is 93.2 cm³/mol. The summed E-state index contributed by atoms with van der Waals surface area (Å²) in [5, 5.41) is 0. The third-order valence-corrected chi connectivity index (χ3v) is 4.67. The molecular weight excluding hydrogens is 341 g/mol. The standard InChI is InChI=1S/C20H21F3N2O/c21-20(22,23)19(26)24-12-11-18(15-24)25(13-16-7-3-1-4-8-16)14-17-9-5-2-6-10-17/h1-10,18H,11-15H2/t18-/m1/s1. The maximum Gasteiger partial charge on any atom is 0.471 e. The number of amides is 1. The van der Waals surface area contributed by atoms with Gasteiger partial charge in [-0.1, -0.05) is 60.7 Å². The first kappa shape index (κ1) is 18.5. The van der Waals surface area contributed by atoms with Crippen LogP contribution in [0.3, 0.4) is 0 Å². The highest BCUT2D eigenvalue weighted by Gasteiger charge is 2.45. The van der Waals surface area contributed by atoms with Crippen molar-refractivity contribution in [1.29, 1.82) is 0 Å². The van der Waals surface area contributed by atoms with Gasteiger partial charge in [-0.15, -0.1) is 0 Å². The molecule has 3 rings (SSSR count). The second-order valence-electron chi connectivity index (χ2n) is 6.57. The summed E-state index contributed by atoms with van der Waals surface area (Å²) >= 11 is 0. The molecule has 1 saturated heterocycles. The van der Waals surface area contributed by atoms with Gasteiger partial charge in [0.1, 0.15) is 0 Å². The molecule has 2 aromatic carbocycles. The first-order valence-electron chi connectivity index (χ1n) is 8.61. The summed E-state index contributed by atoms with van der Waals surface area (Å²) in [5.74, 6) is -1.74. The highest BCUT2D eigenvalue weighted by Crippen LogP contribution is 2.25. The first-order chi connectivity index (χ1) is 12.4. The highest BCUT2D eigenvalue weighted by atomic mass is 19.4. The van der Waals surface area contributed by atoms with E-state index in [0.29, 0.717) is 19.5 Å². The number of halogens is 3. The van der Waals surface area contributed by atoms with Crippen LogP contribution in [0.25, 0.3) is 0 Å². The fourth-order valence-corrected chi connectivity index (χ4v) is 3.35. The van der Waals surface area contributed by atoms with Crippen molar-refractivity contribution in [2.45, 2.75) is 31.7 Å². The number of benzene rings is 2. The second kappa shape index (κ2) is 7.91. The number of alkyl halides is 3. The van der Waals surface area contributed by atoms with Crippen LogP contribution in [0.5, 0.6) is 0 Å². The van der Waals surface area contributed by atoms with Crippen LogP contribution in [0.2, 0.25) is 0 Å². The molecule has 0 saturated carbocycles. The molecule has 1 atom stereocenters. The summed E-state index contributed by atoms with van der Waals surface area (Å²) in [7, 11) is 0. The van der Waals surface area contributed by atoms with E-state index >= 15 is 0 Å². The minimum absolute atomic E-state index is 0.0956. The van der Waals surface area contributed by atoms with Crippen molar-refractivity contribution in [2.75, 3.05) is 13.1 Å². The number of hydrogen-bond donors (Lipinski definition) is 0. The molecule has 3 nitrogen and oxygen atoms in total. The van der Waals surface area contributed by atoms with Crippen molar-refractivity contribution < 1.29 is 18.0 Å². The van der Waals surface area contributed by atoms with Crippen molar-refractivity contribution in [3.05, 3.63) is 71.8 Å². The van der Waals surface area contributed by atoms with E-state index in [1.807, 2.05) is 60.7 Å². The van der Waals surface area contributed by atoms with Gasteiger partial charge in [0.05, 0.1) is 0 Å². The molecule has 0 aliphatic carbocycles. The molecule has 2 aromatic rings. The molecule has 0 spiro atoms. The number of nitrogens with zero attached hydrogens (tertiary/aromatic N) is 2. The highest BCUT2D eigenvalue weighted by molar-refractivity contribution is 5.82. The Kier molecular flexibility index (Phi) is 5.61. The lowest BCUT2D eigenvalue weighted by Gasteiger charge is -2.29. The van der Waals surface area contributed by atoms with Crippen LogP contribution in [-0.4, -0.2) is 41.0 Å². The van der Waals surface area contributed by atoms with E-state index in [-0.39, 0.29) is 19.1 Å². The number of hydrogen-bond acceptors (Lipinski definition) is 2. The zero-order chi connectivity index (χ0) is 18.6. The molecular formula is C20H21F3N2O. The summed E-state index contributed by atoms with van der Waals surface area (Å²) in [6.45, 7) is 1.52. The molecule has 6 heteroatoms. The van der Waals surface area contributed by atoms with Crippen LogP contribution in [-0.2, 0) is 17.9 Å². The van der Waals surface area contributed by atoms with Crippen molar-refractivity contribution >= 4 is 5.91 Å². The van der Waals surface area contributed by atoms with Crippen molar-refractivity contribution in [2.24, 2.45) is 0 Å².